The van der Waals surface area contributed by atoms with Crippen LogP contribution in [0, 0.1) is 5.82 Å². The molecule has 9 heteroatoms. The van der Waals surface area contributed by atoms with E-state index in [-0.39, 0.29) is 18.1 Å². The van der Waals surface area contributed by atoms with Crippen molar-refractivity contribution in [3.8, 4) is 0 Å². The maximum atomic E-state index is 14.4. The molecule has 1 saturated heterocycles. The molecule has 1 heterocycles. The molecule has 1 atom stereocenters. The van der Waals surface area contributed by atoms with Gasteiger partial charge in [-0.25, -0.2) is 4.39 Å². The second-order valence-electron chi connectivity index (χ2n) is 9.15. The van der Waals surface area contributed by atoms with Crippen LogP contribution < -0.4 is 9.62 Å². The average Bonchev–Trinajstić information content (AvgIpc) is 2.86. The van der Waals surface area contributed by atoms with Gasteiger partial charge in [0.1, 0.15) is 5.82 Å². The number of anilines is 1. The Bertz CT molecular complexity index is 1080. The number of nitrogens with zero attached hydrogens (tertiary/aromatic N) is 3. The number of hydrogen-bond acceptors (Lipinski definition) is 4. The summed E-state index contributed by atoms with van der Waals surface area (Å²) in [7, 11) is -1.11. The van der Waals surface area contributed by atoms with Gasteiger partial charge in [-0.05, 0) is 62.1 Å². The second-order valence-corrected chi connectivity index (χ2v) is 11.2. The van der Waals surface area contributed by atoms with Crippen LogP contribution in [-0.4, -0.2) is 63.3 Å². The maximum absolute atomic E-state index is 14.4. The Morgan fingerprint density at radius 2 is 1.83 bits per heavy atom. The first kappa shape index (κ1) is 27.1. The van der Waals surface area contributed by atoms with E-state index in [2.05, 4.69) is 17.1 Å². The van der Waals surface area contributed by atoms with Gasteiger partial charge in [-0.3, -0.25) is 9.10 Å². The van der Waals surface area contributed by atoms with E-state index in [1.807, 2.05) is 0 Å². The lowest BCUT2D eigenvalue weighted by Gasteiger charge is -2.35. The zero-order valence-electron chi connectivity index (χ0n) is 20.9. The number of piperidine rings is 1. The number of likely N-dealkylation sites (tertiary alicyclic amines) is 1. The van der Waals surface area contributed by atoms with Gasteiger partial charge in [-0.15, -0.1) is 0 Å². The molecule has 1 N–H and O–H groups in total. The van der Waals surface area contributed by atoms with E-state index in [4.69, 9.17) is 0 Å². The highest BCUT2D eigenvalue weighted by atomic mass is 32.2. The minimum Gasteiger partial charge on any atom is -0.352 e. The van der Waals surface area contributed by atoms with E-state index in [0.29, 0.717) is 23.7 Å². The molecule has 0 saturated carbocycles. The summed E-state index contributed by atoms with van der Waals surface area (Å²) in [6.45, 7) is 4.92. The van der Waals surface area contributed by atoms with Crippen molar-refractivity contribution in [3.63, 3.8) is 0 Å². The fraction of sp³-hybridized carbons (Fsp3) is 0.500. The molecule has 3 rings (SSSR count). The summed E-state index contributed by atoms with van der Waals surface area (Å²) in [4.78, 5) is 15.1. The standard InChI is InChI=1S/C26H37FN4O3S/c1-4-23-10-7-8-18-30(23)19-9-17-28-26(32)22-15-13-21(14-16-22)20-31(35(33,34)29(2)3)25-12-6-5-11-24(25)27/h5-6,11-16,23H,4,7-10,17-20H2,1-3H3,(H,28,32)/t23-/m1/s1. The Hall–Kier alpha value is -2.49. The summed E-state index contributed by atoms with van der Waals surface area (Å²) >= 11 is 0. The fourth-order valence-corrected chi connectivity index (χ4v) is 5.58. The number of carbonyl (C=O) groups excluding carboxylic acids is 1. The van der Waals surface area contributed by atoms with E-state index in [0.717, 1.165) is 28.1 Å². The molecule has 0 aromatic heterocycles. The van der Waals surface area contributed by atoms with Crippen molar-refractivity contribution in [2.75, 3.05) is 38.0 Å². The Morgan fingerprint density at radius 1 is 1.11 bits per heavy atom. The first-order valence-electron chi connectivity index (χ1n) is 12.3. The number of para-hydroxylation sites is 1. The van der Waals surface area contributed by atoms with Crippen LogP contribution in [0.3, 0.4) is 0 Å². The van der Waals surface area contributed by atoms with E-state index in [1.165, 1.54) is 58.0 Å². The van der Waals surface area contributed by atoms with E-state index < -0.39 is 16.0 Å². The van der Waals surface area contributed by atoms with Crippen LogP contribution in [0.25, 0.3) is 0 Å². The van der Waals surface area contributed by atoms with Gasteiger partial charge >= 0.3 is 10.2 Å². The third-order valence-corrected chi connectivity index (χ3v) is 8.34. The fourth-order valence-electron chi connectivity index (χ4n) is 4.47. The quantitative estimate of drug-likeness (QED) is 0.469. The molecule has 0 radical (unpaired) electrons. The Balaban J connectivity index is 1.59. The Kier molecular flexibility index (Phi) is 9.65. The van der Waals surface area contributed by atoms with Crippen LogP contribution in [0.4, 0.5) is 10.1 Å². The van der Waals surface area contributed by atoms with Crippen LogP contribution in [0.15, 0.2) is 48.5 Å². The van der Waals surface area contributed by atoms with Crippen LogP contribution >= 0.6 is 0 Å². The Labute approximate surface area is 209 Å². The second kappa shape index (κ2) is 12.5. The lowest BCUT2D eigenvalue weighted by molar-refractivity contribution is 0.0947. The van der Waals surface area contributed by atoms with Gasteiger partial charge in [-0.2, -0.15) is 12.7 Å². The average molecular weight is 505 g/mol. The molecule has 1 fully saturated rings. The third kappa shape index (κ3) is 7.02. The number of benzene rings is 2. The highest BCUT2D eigenvalue weighted by Crippen LogP contribution is 2.25. The number of nitrogens with one attached hydrogen (secondary N) is 1. The number of amides is 1. The van der Waals surface area contributed by atoms with Crippen molar-refractivity contribution >= 4 is 21.8 Å². The number of carbonyl (C=O) groups is 1. The maximum Gasteiger partial charge on any atom is 0.303 e. The SMILES string of the molecule is CC[C@@H]1CCCCN1CCCNC(=O)c1ccc(CN(c2ccccc2F)S(=O)(=O)N(C)C)cc1. The van der Waals surface area contributed by atoms with E-state index >= 15 is 0 Å². The lowest BCUT2D eigenvalue weighted by atomic mass is 10.00. The van der Waals surface area contributed by atoms with Crippen LogP contribution in [0.5, 0.6) is 0 Å². The first-order valence-corrected chi connectivity index (χ1v) is 13.7. The van der Waals surface area contributed by atoms with Gasteiger partial charge < -0.3 is 10.2 Å². The largest absolute Gasteiger partial charge is 0.352 e. The summed E-state index contributed by atoms with van der Waals surface area (Å²) in [5, 5.41) is 2.98. The van der Waals surface area contributed by atoms with Crippen molar-refractivity contribution in [2.24, 2.45) is 0 Å². The van der Waals surface area contributed by atoms with Crippen LogP contribution in [0.1, 0.15) is 54.9 Å². The van der Waals surface area contributed by atoms with E-state index in [1.54, 1.807) is 30.3 Å². The molecule has 0 bridgehead atoms. The summed E-state index contributed by atoms with van der Waals surface area (Å²) < 4.78 is 42.3. The summed E-state index contributed by atoms with van der Waals surface area (Å²) in [6, 6.07) is 13.2. The zero-order chi connectivity index (χ0) is 25.4. The molecule has 192 valence electrons. The highest BCUT2D eigenvalue weighted by molar-refractivity contribution is 7.90. The van der Waals surface area contributed by atoms with Gasteiger partial charge in [0.05, 0.1) is 12.2 Å². The lowest BCUT2D eigenvalue weighted by Crippen LogP contribution is -2.40. The van der Waals surface area contributed by atoms with Crippen molar-refractivity contribution < 1.29 is 17.6 Å². The summed E-state index contributed by atoms with van der Waals surface area (Å²) in [5.74, 6) is -0.780. The first-order chi connectivity index (χ1) is 16.7. The van der Waals surface area contributed by atoms with Crippen molar-refractivity contribution in [3.05, 3.63) is 65.5 Å². The van der Waals surface area contributed by atoms with Gasteiger partial charge in [0.25, 0.3) is 5.91 Å². The zero-order valence-corrected chi connectivity index (χ0v) is 21.7. The monoisotopic (exact) mass is 504 g/mol. The molecule has 0 spiro atoms. The molecule has 1 aliphatic rings. The van der Waals surface area contributed by atoms with Gasteiger partial charge in [0, 0.05) is 38.8 Å². The highest BCUT2D eigenvalue weighted by Gasteiger charge is 2.27. The number of rotatable bonds is 11. The minimum absolute atomic E-state index is 0.0259. The normalized spacial score (nSPS) is 16.9. The van der Waals surface area contributed by atoms with Crippen molar-refractivity contribution in [1.29, 1.82) is 0 Å². The number of halogens is 1. The van der Waals surface area contributed by atoms with Gasteiger partial charge in [0.15, 0.2) is 0 Å². The molecule has 1 amide bonds. The van der Waals surface area contributed by atoms with Gasteiger partial charge in [-0.1, -0.05) is 37.6 Å². The van der Waals surface area contributed by atoms with Crippen molar-refractivity contribution in [1.82, 2.24) is 14.5 Å². The Morgan fingerprint density at radius 3 is 2.49 bits per heavy atom. The molecule has 2 aromatic rings. The molecule has 1 aliphatic heterocycles. The molecule has 35 heavy (non-hydrogen) atoms. The summed E-state index contributed by atoms with van der Waals surface area (Å²) in [6.07, 6.45) is 5.89. The molecular formula is C26H37FN4O3S. The predicted molar refractivity (Wildman–Crippen MR) is 138 cm³/mol. The molecule has 0 unspecified atom stereocenters. The molecule has 7 nitrogen and oxygen atoms in total. The van der Waals surface area contributed by atoms with Crippen LogP contribution in [-0.2, 0) is 16.8 Å². The molecule has 0 aliphatic carbocycles. The summed E-state index contributed by atoms with van der Waals surface area (Å²) in [5.41, 5.74) is 1.12. The smallest absolute Gasteiger partial charge is 0.303 e. The minimum atomic E-state index is -3.93. The van der Waals surface area contributed by atoms with Gasteiger partial charge in [0.2, 0.25) is 0 Å². The number of hydrogen-bond donors (Lipinski definition) is 1. The topological polar surface area (TPSA) is 73.0 Å². The molecule has 2 aromatic carbocycles. The van der Waals surface area contributed by atoms with E-state index in [9.17, 15) is 17.6 Å². The van der Waals surface area contributed by atoms with Crippen LogP contribution in [0.2, 0.25) is 0 Å². The molecular weight excluding hydrogens is 467 g/mol. The predicted octanol–water partition coefficient (Wildman–Crippen LogP) is 4.02. The van der Waals surface area contributed by atoms with Crippen molar-refractivity contribution in [2.45, 2.75) is 51.6 Å². The third-order valence-electron chi connectivity index (χ3n) is 6.53.